The zero-order chi connectivity index (χ0) is 12.4. The Morgan fingerprint density at radius 2 is 2.00 bits per heavy atom. The van der Waals surface area contributed by atoms with Crippen LogP contribution >= 0.6 is 0 Å². The lowest BCUT2D eigenvalue weighted by Crippen LogP contribution is -1.97. The van der Waals surface area contributed by atoms with Crippen molar-refractivity contribution in [2.24, 2.45) is 0 Å². The van der Waals surface area contributed by atoms with Crippen molar-refractivity contribution in [3.05, 3.63) is 46.1 Å². The molecule has 0 atom stereocenters. The van der Waals surface area contributed by atoms with Crippen molar-refractivity contribution in [1.82, 2.24) is 15.0 Å². The molecule has 0 radical (unpaired) electrons. The maximum Gasteiger partial charge on any atom is 0.410 e. The molecule has 0 spiro atoms. The Morgan fingerprint density at radius 3 is 2.47 bits per heavy atom. The smallest absolute Gasteiger partial charge is 0.358 e. The predicted octanol–water partition coefficient (Wildman–Crippen LogP) is 1.38. The Morgan fingerprint density at radius 1 is 1.35 bits per heavy atom. The molecule has 7 nitrogen and oxygen atoms in total. The van der Waals surface area contributed by atoms with Gasteiger partial charge < -0.3 is 10.1 Å². The van der Waals surface area contributed by atoms with Crippen LogP contribution in [0, 0.1) is 10.1 Å². The van der Waals surface area contributed by atoms with E-state index in [1.165, 1.54) is 17.8 Å². The van der Waals surface area contributed by atoms with E-state index in [0.717, 1.165) is 0 Å². The molecule has 17 heavy (non-hydrogen) atoms. The highest BCUT2D eigenvalue weighted by atomic mass is 16.6. The van der Waals surface area contributed by atoms with Gasteiger partial charge >= 0.3 is 5.82 Å². The summed E-state index contributed by atoms with van der Waals surface area (Å²) in [4.78, 5) is 20.9. The van der Waals surface area contributed by atoms with Crippen LogP contribution in [-0.2, 0) is 0 Å². The summed E-state index contributed by atoms with van der Waals surface area (Å²) in [6.07, 6.45) is 1.21. The maximum atomic E-state index is 11.1. The van der Waals surface area contributed by atoms with E-state index in [-0.39, 0.29) is 11.6 Å². The zero-order valence-electron chi connectivity index (χ0n) is 8.90. The Bertz CT molecular complexity index is 573. The highest BCUT2D eigenvalue weighted by Gasteiger charge is 2.13. The number of nitrogens with zero attached hydrogens (tertiary/aromatic N) is 4. The third-order valence-electron chi connectivity index (χ3n) is 2.21. The van der Waals surface area contributed by atoms with Crippen molar-refractivity contribution in [2.45, 2.75) is 6.92 Å². The summed E-state index contributed by atoms with van der Waals surface area (Å²) in [7, 11) is 0. The molecule has 0 fully saturated rings. The first kappa shape index (κ1) is 10.9. The molecule has 0 unspecified atom stereocenters. The standard InChI is InChI=1S/C10H8N4O3/c1-7(15)8-2-4-9(5-3-8)13-6-10(11-12-13)14(16)17/h2-6H,1H3. The number of aromatic nitrogens is 3. The van der Waals surface area contributed by atoms with Crippen LogP contribution in [0.5, 0.6) is 0 Å². The van der Waals surface area contributed by atoms with Gasteiger partial charge in [0.15, 0.2) is 5.78 Å². The van der Waals surface area contributed by atoms with Crippen LogP contribution in [0.15, 0.2) is 30.5 Å². The first-order valence-corrected chi connectivity index (χ1v) is 4.76. The number of carbonyl (C=O) groups excluding carboxylic acids is 1. The second-order valence-electron chi connectivity index (χ2n) is 3.38. The molecule has 2 rings (SSSR count). The van der Waals surface area contributed by atoms with Crippen molar-refractivity contribution >= 4 is 11.6 Å². The second-order valence-corrected chi connectivity index (χ2v) is 3.38. The van der Waals surface area contributed by atoms with E-state index in [4.69, 9.17) is 0 Å². The van der Waals surface area contributed by atoms with E-state index in [1.54, 1.807) is 24.3 Å². The summed E-state index contributed by atoms with van der Waals surface area (Å²) in [6, 6.07) is 6.56. The topological polar surface area (TPSA) is 90.9 Å². The van der Waals surface area contributed by atoms with Gasteiger partial charge in [0.25, 0.3) is 0 Å². The van der Waals surface area contributed by atoms with Crippen LogP contribution in [0.3, 0.4) is 0 Å². The molecule has 0 bridgehead atoms. The van der Waals surface area contributed by atoms with Gasteiger partial charge in [-0.1, -0.05) is 0 Å². The zero-order valence-corrected chi connectivity index (χ0v) is 8.90. The number of Topliss-reactive ketones (excluding diaryl/α,β-unsaturated/α-hetero) is 1. The van der Waals surface area contributed by atoms with Crippen molar-refractivity contribution in [1.29, 1.82) is 0 Å². The number of ketones is 1. The van der Waals surface area contributed by atoms with Crippen LogP contribution < -0.4 is 0 Å². The van der Waals surface area contributed by atoms with Crippen LogP contribution in [0.2, 0.25) is 0 Å². The monoisotopic (exact) mass is 232 g/mol. The average molecular weight is 232 g/mol. The van der Waals surface area contributed by atoms with E-state index in [9.17, 15) is 14.9 Å². The molecule has 86 valence electrons. The van der Waals surface area contributed by atoms with Crippen molar-refractivity contribution in [3.8, 4) is 5.69 Å². The van der Waals surface area contributed by atoms with Crippen LogP contribution in [0.4, 0.5) is 5.82 Å². The first-order valence-electron chi connectivity index (χ1n) is 4.76. The van der Waals surface area contributed by atoms with E-state index in [1.807, 2.05) is 0 Å². The van der Waals surface area contributed by atoms with Crippen molar-refractivity contribution < 1.29 is 9.72 Å². The molecule has 0 N–H and O–H groups in total. The summed E-state index contributed by atoms with van der Waals surface area (Å²) in [5, 5.41) is 17.5. The fraction of sp³-hybridized carbons (Fsp3) is 0.100. The minimum Gasteiger partial charge on any atom is -0.358 e. The maximum absolute atomic E-state index is 11.1. The van der Waals surface area contributed by atoms with E-state index >= 15 is 0 Å². The largest absolute Gasteiger partial charge is 0.410 e. The molecular weight excluding hydrogens is 224 g/mol. The third kappa shape index (κ3) is 2.17. The summed E-state index contributed by atoms with van der Waals surface area (Å²) in [5.74, 6) is -0.359. The summed E-state index contributed by atoms with van der Waals surface area (Å²) in [6.45, 7) is 1.47. The highest BCUT2D eigenvalue weighted by molar-refractivity contribution is 5.94. The number of benzene rings is 1. The van der Waals surface area contributed by atoms with E-state index < -0.39 is 4.92 Å². The Labute approximate surface area is 95.8 Å². The molecule has 1 heterocycles. The van der Waals surface area contributed by atoms with Crippen LogP contribution in [0.1, 0.15) is 17.3 Å². The van der Waals surface area contributed by atoms with Crippen LogP contribution in [0.25, 0.3) is 5.69 Å². The molecule has 0 amide bonds. The number of hydrogen-bond donors (Lipinski definition) is 0. The van der Waals surface area contributed by atoms with Gasteiger partial charge in [-0.15, -0.1) is 0 Å². The minimum atomic E-state index is -0.618. The SMILES string of the molecule is CC(=O)c1ccc(-n2cc([N+](=O)[O-])nn2)cc1. The lowest BCUT2D eigenvalue weighted by Gasteiger charge is -1.99. The van der Waals surface area contributed by atoms with E-state index in [0.29, 0.717) is 11.3 Å². The molecule has 0 aliphatic rings. The Hall–Kier alpha value is -2.57. The van der Waals surface area contributed by atoms with Crippen molar-refractivity contribution in [2.75, 3.05) is 0 Å². The van der Waals surface area contributed by atoms with Gasteiger partial charge in [0, 0.05) is 5.56 Å². The number of hydrogen-bond acceptors (Lipinski definition) is 5. The van der Waals surface area contributed by atoms with Gasteiger partial charge in [0.05, 0.1) is 10.9 Å². The molecule has 0 aliphatic heterocycles. The Kier molecular flexibility index (Phi) is 2.65. The molecule has 1 aromatic heterocycles. The van der Waals surface area contributed by atoms with Crippen molar-refractivity contribution in [3.63, 3.8) is 0 Å². The minimum absolute atomic E-state index is 0.0406. The molecule has 1 aromatic carbocycles. The lowest BCUT2D eigenvalue weighted by atomic mass is 10.1. The molecule has 0 aliphatic carbocycles. The van der Waals surface area contributed by atoms with E-state index in [2.05, 4.69) is 10.3 Å². The van der Waals surface area contributed by atoms with Crippen LogP contribution in [-0.4, -0.2) is 25.7 Å². The van der Waals surface area contributed by atoms with Gasteiger partial charge in [-0.2, -0.15) is 4.68 Å². The highest BCUT2D eigenvalue weighted by Crippen LogP contribution is 2.12. The number of nitro groups is 1. The third-order valence-corrected chi connectivity index (χ3v) is 2.21. The second kappa shape index (κ2) is 4.12. The van der Waals surface area contributed by atoms with Gasteiger partial charge in [-0.3, -0.25) is 4.79 Å². The lowest BCUT2D eigenvalue weighted by molar-refractivity contribution is -0.389. The number of rotatable bonds is 3. The van der Waals surface area contributed by atoms with Gasteiger partial charge in [-0.25, -0.2) is 0 Å². The average Bonchev–Trinajstić information content (AvgIpc) is 2.78. The summed E-state index contributed by atoms with van der Waals surface area (Å²) >= 11 is 0. The predicted molar refractivity (Wildman–Crippen MR) is 58.0 cm³/mol. The summed E-state index contributed by atoms with van der Waals surface area (Å²) in [5.41, 5.74) is 1.18. The normalized spacial score (nSPS) is 10.2. The number of carbonyl (C=O) groups is 1. The molecule has 0 saturated heterocycles. The van der Waals surface area contributed by atoms with Gasteiger partial charge in [0.2, 0.25) is 0 Å². The van der Waals surface area contributed by atoms with Gasteiger partial charge in [-0.05, 0) is 36.1 Å². The fourth-order valence-corrected chi connectivity index (χ4v) is 1.31. The molecule has 0 saturated carbocycles. The fourth-order valence-electron chi connectivity index (χ4n) is 1.31. The quantitative estimate of drug-likeness (QED) is 0.453. The molecule has 7 heteroatoms. The molecular formula is C10H8N4O3. The Balaban J connectivity index is 2.33. The van der Waals surface area contributed by atoms with Gasteiger partial charge in [0.1, 0.15) is 11.3 Å². The first-order chi connectivity index (χ1) is 8.08. The summed E-state index contributed by atoms with van der Waals surface area (Å²) < 4.78 is 1.28. The molecule has 2 aromatic rings.